The standard InChI is InChI=1S/C29H37F3N6O/c1-19-6-5-9-38(16-19)17-20-10-25(29(30,31)32)26(34-14-20)15-33-23-8-4-7-21(11-23)27(22-12-24(13-22)39-3)28-36-35-18-37(28)2/h4,7-8,10-11,14,18-19,22,24,27,33H,5-6,9,12-13,15-17H2,1-3H3/t19-,22?,24?,27?/m0/s1. The van der Waals surface area contributed by atoms with Gasteiger partial charge in [-0.05, 0) is 73.4 Å². The molecule has 2 aromatic heterocycles. The van der Waals surface area contributed by atoms with Gasteiger partial charge in [-0.25, -0.2) is 0 Å². The zero-order valence-corrected chi connectivity index (χ0v) is 22.8. The SMILES string of the molecule is COC1CC(C(c2cccc(NCc3ncc(CN4CCC[C@H](C)C4)cc3C(F)(F)F)c2)c2nncn2C)C1. The van der Waals surface area contributed by atoms with Crippen LogP contribution >= 0.6 is 0 Å². The largest absolute Gasteiger partial charge is 0.418 e. The molecule has 1 saturated carbocycles. The number of anilines is 1. The highest BCUT2D eigenvalue weighted by Crippen LogP contribution is 2.44. The van der Waals surface area contributed by atoms with E-state index < -0.39 is 11.7 Å². The lowest BCUT2D eigenvalue weighted by molar-refractivity contribution is -0.138. The number of aromatic nitrogens is 4. The summed E-state index contributed by atoms with van der Waals surface area (Å²) >= 11 is 0. The number of piperidine rings is 1. The molecule has 0 bridgehead atoms. The van der Waals surface area contributed by atoms with E-state index in [1.807, 2.05) is 35.9 Å². The van der Waals surface area contributed by atoms with Crippen LogP contribution in [-0.4, -0.2) is 51.0 Å². The molecule has 39 heavy (non-hydrogen) atoms. The molecule has 2 atom stereocenters. The first-order valence-electron chi connectivity index (χ1n) is 13.7. The van der Waals surface area contributed by atoms with Gasteiger partial charge in [0.2, 0.25) is 0 Å². The van der Waals surface area contributed by atoms with Crippen molar-refractivity contribution >= 4 is 5.69 Å². The number of methoxy groups -OCH3 is 1. The molecular formula is C29H37F3N6O. The van der Waals surface area contributed by atoms with Gasteiger partial charge in [0.1, 0.15) is 12.2 Å². The predicted molar refractivity (Wildman–Crippen MR) is 143 cm³/mol. The molecule has 1 aliphatic heterocycles. The molecule has 0 radical (unpaired) electrons. The van der Waals surface area contributed by atoms with Crippen molar-refractivity contribution in [3.8, 4) is 0 Å². The van der Waals surface area contributed by atoms with Crippen molar-refractivity contribution in [2.45, 2.75) is 63.9 Å². The van der Waals surface area contributed by atoms with Crippen LogP contribution in [0.2, 0.25) is 0 Å². The zero-order valence-electron chi connectivity index (χ0n) is 22.8. The Kier molecular flexibility index (Phi) is 8.23. The van der Waals surface area contributed by atoms with Crippen molar-refractivity contribution in [3.05, 3.63) is 71.1 Å². The van der Waals surface area contributed by atoms with Crippen molar-refractivity contribution in [1.82, 2.24) is 24.6 Å². The second-order valence-electron chi connectivity index (χ2n) is 11.2. The Morgan fingerprint density at radius 2 is 2.03 bits per heavy atom. The Morgan fingerprint density at radius 3 is 2.72 bits per heavy atom. The van der Waals surface area contributed by atoms with E-state index in [4.69, 9.17) is 4.74 Å². The maximum absolute atomic E-state index is 14.0. The van der Waals surface area contributed by atoms with Gasteiger partial charge in [0.25, 0.3) is 0 Å². The van der Waals surface area contributed by atoms with Gasteiger partial charge in [0.15, 0.2) is 0 Å². The normalized spacial score (nSPS) is 22.9. The van der Waals surface area contributed by atoms with Crippen LogP contribution in [0.15, 0.2) is 42.9 Å². The molecule has 210 valence electrons. The number of benzene rings is 1. The summed E-state index contributed by atoms with van der Waals surface area (Å²) in [5.74, 6) is 1.80. The number of likely N-dealkylation sites (tertiary alicyclic amines) is 1. The molecule has 2 aliphatic rings. The highest BCUT2D eigenvalue weighted by molar-refractivity contribution is 5.48. The van der Waals surface area contributed by atoms with Crippen LogP contribution in [0.3, 0.4) is 0 Å². The van der Waals surface area contributed by atoms with Crippen molar-refractivity contribution in [1.29, 1.82) is 0 Å². The van der Waals surface area contributed by atoms with Gasteiger partial charge in [-0.2, -0.15) is 13.2 Å². The third-order valence-corrected chi connectivity index (χ3v) is 8.15. The molecule has 1 N–H and O–H groups in total. The fourth-order valence-corrected chi connectivity index (χ4v) is 6.00. The number of alkyl halides is 3. The molecule has 2 fully saturated rings. The molecule has 3 aromatic rings. The highest BCUT2D eigenvalue weighted by Gasteiger charge is 2.39. The summed E-state index contributed by atoms with van der Waals surface area (Å²) in [6, 6.07) is 9.11. The summed E-state index contributed by atoms with van der Waals surface area (Å²) in [5, 5.41) is 11.6. The number of aryl methyl sites for hydroxylation is 1. The lowest BCUT2D eigenvalue weighted by Gasteiger charge is -2.39. The molecule has 1 aliphatic carbocycles. The van der Waals surface area contributed by atoms with Crippen LogP contribution in [0.4, 0.5) is 18.9 Å². The molecule has 0 amide bonds. The average molecular weight is 543 g/mol. The van der Waals surface area contributed by atoms with Crippen LogP contribution in [0.25, 0.3) is 0 Å². The molecule has 1 aromatic carbocycles. The lowest BCUT2D eigenvalue weighted by atomic mass is 9.70. The molecule has 1 saturated heterocycles. The maximum Gasteiger partial charge on any atom is 0.418 e. The summed E-state index contributed by atoms with van der Waals surface area (Å²) in [5.41, 5.74) is 1.71. The average Bonchev–Trinajstić information content (AvgIpc) is 3.30. The van der Waals surface area contributed by atoms with E-state index in [0.717, 1.165) is 49.4 Å². The minimum Gasteiger partial charge on any atom is -0.381 e. The van der Waals surface area contributed by atoms with Crippen LogP contribution in [0.5, 0.6) is 0 Å². The highest BCUT2D eigenvalue weighted by atomic mass is 19.4. The van der Waals surface area contributed by atoms with Gasteiger partial charge in [-0.15, -0.1) is 10.2 Å². The first kappa shape index (κ1) is 27.6. The second-order valence-corrected chi connectivity index (χ2v) is 11.2. The third-order valence-electron chi connectivity index (χ3n) is 8.15. The Morgan fingerprint density at radius 1 is 1.21 bits per heavy atom. The number of halogens is 3. The Hall–Kier alpha value is -2.98. The number of nitrogens with zero attached hydrogens (tertiary/aromatic N) is 5. The quantitative estimate of drug-likeness (QED) is 0.378. The third kappa shape index (κ3) is 6.44. The summed E-state index contributed by atoms with van der Waals surface area (Å²) in [6.45, 7) is 4.47. The van der Waals surface area contributed by atoms with Crippen LogP contribution in [0, 0.1) is 11.8 Å². The Labute approximate surface area is 227 Å². The second kappa shape index (κ2) is 11.6. The van der Waals surface area contributed by atoms with E-state index in [2.05, 4.69) is 32.3 Å². The molecule has 0 spiro atoms. The number of hydrogen-bond donors (Lipinski definition) is 1. The van der Waals surface area contributed by atoms with Crippen LogP contribution in [-0.2, 0) is 31.1 Å². The number of nitrogens with one attached hydrogen (secondary N) is 1. The van der Waals surface area contributed by atoms with Crippen molar-refractivity contribution in [2.24, 2.45) is 18.9 Å². The van der Waals surface area contributed by atoms with Crippen LogP contribution < -0.4 is 5.32 Å². The van der Waals surface area contributed by atoms with Crippen molar-refractivity contribution < 1.29 is 17.9 Å². The molecule has 3 heterocycles. The monoisotopic (exact) mass is 542 g/mol. The first-order valence-corrected chi connectivity index (χ1v) is 13.7. The van der Waals surface area contributed by atoms with E-state index in [1.165, 1.54) is 12.5 Å². The number of rotatable bonds is 9. The molecule has 1 unspecified atom stereocenters. The van der Waals surface area contributed by atoms with E-state index in [0.29, 0.717) is 23.9 Å². The summed E-state index contributed by atoms with van der Waals surface area (Å²) in [6.07, 6.45) is 3.14. The zero-order chi connectivity index (χ0) is 27.6. The summed E-state index contributed by atoms with van der Waals surface area (Å²) in [4.78, 5) is 6.50. The summed E-state index contributed by atoms with van der Waals surface area (Å²) < 4.78 is 49.6. The number of ether oxygens (including phenoxy) is 1. The van der Waals surface area contributed by atoms with Crippen molar-refractivity contribution in [3.63, 3.8) is 0 Å². The Bertz CT molecular complexity index is 1260. The van der Waals surface area contributed by atoms with Crippen LogP contribution in [0.1, 0.15) is 66.7 Å². The minimum atomic E-state index is -4.48. The van der Waals surface area contributed by atoms with Gasteiger partial charge < -0.3 is 14.6 Å². The lowest BCUT2D eigenvalue weighted by Crippen LogP contribution is -2.35. The molecular weight excluding hydrogens is 505 g/mol. The molecule has 7 nitrogen and oxygen atoms in total. The molecule has 10 heteroatoms. The van der Waals surface area contributed by atoms with E-state index in [9.17, 15) is 13.2 Å². The van der Waals surface area contributed by atoms with Gasteiger partial charge in [0, 0.05) is 45.0 Å². The Balaban J connectivity index is 1.33. The fourth-order valence-electron chi connectivity index (χ4n) is 6.00. The van der Waals surface area contributed by atoms with Gasteiger partial charge in [-0.3, -0.25) is 9.88 Å². The number of pyridine rings is 1. The van der Waals surface area contributed by atoms with E-state index in [-0.39, 0.29) is 24.3 Å². The van der Waals surface area contributed by atoms with E-state index in [1.54, 1.807) is 19.6 Å². The van der Waals surface area contributed by atoms with Gasteiger partial charge >= 0.3 is 6.18 Å². The maximum atomic E-state index is 14.0. The molecule has 5 rings (SSSR count). The van der Waals surface area contributed by atoms with Crippen molar-refractivity contribution in [2.75, 3.05) is 25.5 Å². The minimum absolute atomic E-state index is 0.00422. The number of hydrogen-bond acceptors (Lipinski definition) is 6. The smallest absolute Gasteiger partial charge is 0.381 e. The predicted octanol–water partition coefficient (Wildman–Crippen LogP) is 5.63. The first-order chi connectivity index (χ1) is 18.7. The van der Waals surface area contributed by atoms with Gasteiger partial charge in [0.05, 0.1) is 23.9 Å². The van der Waals surface area contributed by atoms with E-state index >= 15 is 0 Å². The fraction of sp³-hybridized carbons (Fsp3) is 0.552. The summed E-state index contributed by atoms with van der Waals surface area (Å²) in [7, 11) is 3.66. The van der Waals surface area contributed by atoms with Gasteiger partial charge in [-0.1, -0.05) is 19.1 Å². The topological polar surface area (TPSA) is 68.1 Å².